The van der Waals surface area contributed by atoms with Crippen LogP contribution < -0.4 is 10.6 Å². The van der Waals surface area contributed by atoms with Crippen molar-refractivity contribution in [3.05, 3.63) is 23.5 Å². The average Bonchev–Trinajstić information content (AvgIpc) is 3.16. The zero-order valence-electron chi connectivity index (χ0n) is 12.0. The zero-order chi connectivity index (χ0) is 15.7. The number of anilines is 1. The minimum Gasteiger partial charge on any atom is -0.384 e. The summed E-state index contributed by atoms with van der Waals surface area (Å²) in [7, 11) is 0. The molecule has 0 saturated heterocycles. The van der Waals surface area contributed by atoms with Gasteiger partial charge in [0.25, 0.3) is 5.91 Å². The molecule has 0 aromatic carbocycles. The van der Waals surface area contributed by atoms with Crippen LogP contribution in [0, 0.1) is 6.92 Å². The number of amides is 1. The predicted molar refractivity (Wildman–Crippen MR) is 73.2 cm³/mol. The predicted octanol–water partition coefficient (Wildman–Crippen LogP) is 3.04. The summed E-state index contributed by atoms with van der Waals surface area (Å²) in [6.45, 7) is 4.36. The Morgan fingerprint density at radius 3 is 2.62 bits per heavy atom. The molecule has 1 heterocycles. The molecular weight excluding hydrogens is 283 g/mol. The minimum atomic E-state index is -4.42. The van der Waals surface area contributed by atoms with Crippen LogP contribution in [0.25, 0.3) is 0 Å². The summed E-state index contributed by atoms with van der Waals surface area (Å²) in [5.74, 6) is -0.740. The topological polar surface area (TPSA) is 54.0 Å². The van der Waals surface area contributed by atoms with Crippen LogP contribution >= 0.6 is 0 Å². The number of aromatic nitrogens is 1. The van der Waals surface area contributed by atoms with Crippen molar-refractivity contribution in [1.82, 2.24) is 10.3 Å². The first kappa shape index (κ1) is 15.6. The van der Waals surface area contributed by atoms with Crippen molar-refractivity contribution < 1.29 is 18.0 Å². The van der Waals surface area contributed by atoms with Gasteiger partial charge in [0.1, 0.15) is 5.54 Å². The molecule has 1 aliphatic rings. The molecule has 0 aliphatic heterocycles. The van der Waals surface area contributed by atoms with Crippen molar-refractivity contribution in [2.24, 2.45) is 0 Å². The molecule has 0 atom stereocenters. The highest BCUT2D eigenvalue weighted by Crippen LogP contribution is 2.49. The first-order chi connectivity index (χ1) is 9.79. The van der Waals surface area contributed by atoms with E-state index in [1.165, 1.54) is 6.20 Å². The van der Waals surface area contributed by atoms with E-state index in [1.807, 2.05) is 6.92 Å². The summed E-state index contributed by atoms with van der Waals surface area (Å²) in [6.07, 6.45) is -2.40. The van der Waals surface area contributed by atoms with Gasteiger partial charge in [0.2, 0.25) is 0 Å². The lowest BCUT2D eigenvalue weighted by atomic mass is 10.1. The molecule has 2 rings (SSSR count). The Hall–Kier alpha value is -1.79. The Balaban J connectivity index is 2.19. The number of hydrogen-bond donors (Lipinski definition) is 2. The lowest BCUT2D eigenvalue weighted by Gasteiger charge is -2.21. The van der Waals surface area contributed by atoms with Gasteiger partial charge in [-0.1, -0.05) is 6.92 Å². The highest BCUT2D eigenvalue weighted by atomic mass is 19.4. The fraction of sp³-hybridized carbons (Fsp3) is 0.571. The number of aryl methyl sites for hydroxylation is 1. The van der Waals surface area contributed by atoms with Crippen molar-refractivity contribution in [2.45, 2.75) is 44.8 Å². The van der Waals surface area contributed by atoms with Gasteiger partial charge in [0.15, 0.2) is 0 Å². The van der Waals surface area contributed by atoms with E-state index in [2.05, 4.69) is 15.6 Å². The number of pyridine rings is 1. The summed E-state index contributed by atoms with van der Waals surface area (Å²) in [6, 6.07) is 1.66. The number of halogens is 3. The summed E-state index contributed by atoms with van der Waals surface area (Å²) >= 11 is 0. The standard InChI is InChI=1S/C14H18F3N3O/c1-3-6-18-11-7-9(2)19-8-10(11)12(21)20-13(4-5-13)14(15,16)17/h7-8H,3-6H2,1-2H3,(H,18,19)(H,20,21). The molecule has 4 nitrogen and oxygen atoms in total. The molecule has 1 aromatic rings. The molecule has 7 heteroatoms. The SMILES string of the molecule is CCCNc1cc(C)ncc1C(=O)NC1(C(F)(F)F)CC1. The third kappa shape index (κ3) is 3.28. The second-order valence-electron chi connectivity index (χ2n) is 5.33. The number of carbonyl (C=O) groups is 1. The molecule has 0 unspecified atom stereocenters. The fourth-order valence-electron chi connectivity index (χ4n) is 2.04. The second-order valence-corrected chi connectivity index (χ2v) is 5.33. The van der Waals surface area contributed by atoms with Gasteiger partial charge in [-0.05, 0) is 32.3 Å². The third-order valence-electron chi connectivity index (χ3n) is 3.50. The monoisotopic (exact) mass is 301 g/mol. The molecule has 2 N–H and O–H groups in total. The maximum absolute atomic E-state index is 12.9. The lowest BCUT2D eigenvalue weighted by Crippen LogP contribution is -2.48. The average molecular weight is 301 g/mol. The van der Waals surface area contributed by atoms with E-state index < -0.39 is 17.6 Å². The van der Waals surface area contributed by atoms with E-state index in [1.54, 1.807) is 13.0 Å². The van der Waals surface area contributed by atoms with Gasteiger partial charge >= 0.3 is 6.18 Å². The molecule has 21 heavy (non-hydrogen) atoms. The van der Waals surface area contributed by atoms with Crippen molar-refractivity contribution in [1.29, 1.82) is 0 Å². The highest BCUT2D eigenvalue weighted by Gasteiger charge is 2.64. The van der Waals surface area contributed by atoms with Gasteiger partial charge < -0.3 is 10.6 Å². The van der Waals surface area contributed by atoms with Crippen LogP contribution in [-0.2, 0) is 0 Å². The van der Waals surface area contributed by atoms with Crippen LogP contribution in [-0.4, -0.2) is 29.2 Å². The molecule has 0 bridgehead atoms. The van der Waals surface area contributed by atoms with E-state index in [-0.39, 0.29) is 18.4 Å². The molecule has 1 aromatic heterocycles. The normalized spacial score (nSPS) is 16.4. The molecular formula is C14H18F3N3O. The van der Waals surface area contributed by atoms with Crippen LogP contribution in [0.2, 0.25) is 0 Å². The maximum Gasteiger partial charge on any atom is 0.411 e. The van der Waals surface area contributed by atoms with E-state index in [4.69, 9.17) is 0 Å². The van der Waals surface area contributed by atoms with Crippen molar-refractivity contribution in [2.75, 3.05) is 11.9 Å². The summed E-state index contributed by atoms with van der Waals surface area (Å²) in [4.78, 5) is 16.2. The van der Waals surface area contributed by atoms with Gasteiger partial charge in [-0.25, -0.2) is 0 Å². The molecule has 1 saturated carbocycles. The molecule has 0 radical (unpaired) electrons. The molecule has 1 aliphatic carbocycles. The summed E-state index contributed by atoms with van der Waals surface area (Å²) in [5.41, 5.74) is -0.705. The molecule has 1 fully saturated rings. The fourth-order valence-corrected chi connectivity index (χ4v) is 2.04. The first-order valence-electron chi connectivity index (χ1n) is 6.89. The zero-order valence-corrected chi connectivity index (χ0v) is 12.0. The van der Waals surface area contributed by atoms with Gasteiger partial charge in [-0.2, -0.15) is 13.2 Å². The van der Waals surface area contributed by atoms with Gasteiger partial charge in [0, 0.05) is 18.4 Å². The molecule has 116 valence electrons. The Labute approximate surface area is 121 Å². The summed E-state index contributed by atoms with van der Waals surface area (Å²) in [5, 5.41) is 5.16. The number of hydrogen-bond acceptors (Lipinski definition) is 3. The Morgan fingerprint density at radius 2 is 2.10 bits per heavy atom. The first-order valence-corrected chi connectivity index (χ1v) is 6.89. The van der Waals surface area contributed by atoms with Crippen LogP contribution in [0.1, 0.15) is 42.2 Å². The smallest absolute Gasteiger partial charge is 0.384 e. The van der Waals surface area contributed by atoms with Gasteiger partial charge in [-0.15, -0.1) is 0 Å². The van der Waals surface area contributed by atoms with Crippen LogP contribution in [0.15, 0.2) is 12.3 Å². The Morgan fingerprint density at radius 1 is 1.43 bits per heavy atom. The molecule has 0 spiro atoms. The number of rotatable bonds is 5. The van der Waals surface area contributed by atoms with Gasteiger partial charge in [0.05, 0.1) is 11.3 Å². The Kier molecular flexibility index (Phi) is 4.11. The van der Waals surface area contributed by atoms with E-state index >= 15 is 0 Å². The Bertz CT molecular complexity index is 539. The minimum absolute atomic E-state index is 0.0702. The van der Waals surface area contributed by atoms with Crippen molar-refractivity contribution in [3.63, 3.8) is 0 Å². The largest absolute Gasteiger partial charge is 0.411 e. The van der Waals surface area contributed by atoms with Gasteiger partial charge in [-0.3, -0.25) is 9.78 Å². The van der Waals surface area contributed by atoms with Crippen LogP contribution in [0.5, 0.6) is 0 Å². The van der Waals surface area contributed by atoms with E-state index in [9.17, 15) is 18.0 Å². The second kappa shape index (κ2) is 5.54. The van der Waals surface area contributed by atoms with Crippen LogP contribution in [0.4, 0.5) is 18.9 Å². The van der Waals surface area contributed by atoms with Crippen LogP contribution in [0.3, 0.4) is 0 Å². The van der Waals surface area contributed by atoms with E-state index in [0.29, 0.717) is 17.9 Å². The number of carbonyl (C=O) groups excluding carboxylic acids is 1. The van der Waals surface area contributed by atoms with Crippen molar-refractivity contribution >= 4 is 11.6 Å². The molecule has 1 amide bonds. The number of nitrogens with one attached hydrogen (secondary N) is 2. The van der Waals surface area contributed by atoms with E-state index in [0.717, 1.165) is 6.42 Å². The number of alkyl halides is 3. The quantitative estimate of drug-likeness (QED) is 0.879. The summed E-state index contributed by atoms with van der Waals surface area (Å²) < 4.78 is 38.7. The third-order valence-corrected chi connectivity index (χ3v) is 3.50. The number of nitrogens with zero attached hydrogens (tertiary/aromatic N) is 1. The maximum atomic E-state index is 12.9. The van der Waals surface area contributed by atoms with Crippen molar-refractivity contribution in [3.8, 4) is 0 Å². The highest BCUT2D eigenvalue weighted by molar-refractivity contribution is 6.00. The lowest BCUT2D eigenvalue weighted by molar-refractivity contribution is -0.163.